The van der Waals surface area contributed by atoms with Crippen LogP contribution in [0.15, 0.2) is 29.5 Å². The van der Waals surface area contributed by atoms with Crippen molar-refractivity contribution in [2.24, 2.45) is 0 Å². The van der Waals surface area contributed by atoms with Crippen molar-refractivity contribution in [2.45, 2.75) is 64.0 Å². The molecule has 28 heavy (non-hydrogen) atoms. The van der Waals surface area contributed by atoms with E-state index in [9.17, 15) is 14.7 Å². The minimum Gasteiger partial charge on any atom is -0.504 e. The van der Waals surface area contributed by atoms with Crippen LogP contribution in [0.25, 0.3) is 0 Å². The lowest BCUT2D eigenvalue weighted by atomic mass is 9.94. The van der Waals surface area contributed by atoms with E-state index < -0.39 is 18.0 Å². The highest BCUT2D eigenvalue weighted by Gasteiger charge is 2.33. The SMILES string of the molecule is COc1cc(C2NC(=O)NC(C)=C2C(=O)OC2CCCCCCC2)ccc1O. The molecule has 1 unspecified atom stereocenters. The van der Waals surface area contributed by atoms with E-state index in [1.54, 1.807) is 19.1 Å². The van der Waals surface area contributed by atoms with Crippen molar-refractivity contribution in [3.8, 4) is 11.5 Å². The van der Waals surface area contributed by atoms with E-state index in [2.05, 4.69) is 10.6 Å². The molecular formula is C21H28N2O5. The van der Waals surface area contributed by atoms with Crippen LogP contribution in [0.4, 0.5) is 4.79 Å². The number of allylic oxidation sites excluding steroid dienone is 1. The van der Waals surface area contributed by atoms with Gasteiger partial charge in [-0.25, -0.2) is 9.59 Å². The molecule has 0 bridgehead atoms. The van der Waals surface area contributed by atoms with Gasteiger partial charge in [-0.1, -0.05) is 25.3 Å². The lowest BCUT2D eigenvalue weighted by Gasteiger charge is -2.30. The Labute approximate surface area is 165 Å². The number of amides is 2. The van der Waals surface area contributed by atoms with Crippen molar-refractivity contribution in [3.63, 3.8) is 0 Å². The van der Waals surface area contributed by atoms with Gasteiger partial charge >= 0.3 is 12.0 Å². The van der Waals surface area contributed by atoms with E-state index in [1.165, 1.54) is 32.4 Å². The van der Waals surface area contributed by atoms with E-state index in [1.807, 2.05) is 0 Å². The maximum atomic E-state index is 13.0. The number of hydrogen-bond acceptors (Lipinski definition) is 5. The zero-order valence-electron chi connectivity index (χ0n) is 16.4. The first-order valence-electron chi connectivity index (χ1n) is 9.85. The highest BCUT2D eigenvalue weighted by Crippen LogP contribution is 2.34. The first-order valence-corrected chi connectivity index (χ1v) is 9.85. The Bertz CT molecular complexity index is 766. The molecule has 1 aromatic carbocycles. The van der Waals surface area contributed by atoms with Crippen LogP contribution in [0.5, 0.6) is 11.5 Å². The molecule has 1 aromatic rings. The molecule has 152 valence electrons. The summed E-state index contributed by atoms with van der Waals surface area (Å²) in [6.07, 6.45) is 7.34. The minimum atomic E-state index is -0.677. The molecular weight excluding hydrogens is 360 g/mol. The van der Waals surface area contributed by atoms with Gasteiger partial charge in [-0.2, -0.15) is 0 Å². The van der Waals surface area contributed by atoms with Gasteiger partial charge in [0.1, 0.15) is 6.10 Å². The predicted octanol–water partition coefficient (Wildman–Crippen LogP) is 3.68. The number of phenols is 1. The Kier molecular flexibility index (Phi) is 6.44. The number of carbonyl (C=O) groups is 2. The number of hydrogen-bond donors (Lipinski definition) is 3. The van der Waals surface area contributed by atoms with Gasteiger partial charge in [0, 0.05) is 5.70 Å². The van der Waals surface area contributed by atoms with E-state index in [0.717, 1.165) is 25.7 Å². The van der Waals surface area contributed by atoms with Crippen LogP contribution >= 0.6 is 0 Å². The van der Waals surface area contributed by atoms with E-state index in [0.29, 0.717) is 16.8 Å². The number of rotatable bonds is 4. The Morgan fingerprint density at radius 1 is 1.14 bits per heavy atom. The molecule has 3 N–H and O–H groups in total. The molecule has 1 aliphatic carbocycles. The van der Waals surface area contributed by atoms with Crippen LogP contribution in [-0.4, -0.2) is 30.3 Å². The second-order valence-electron chi connectivity index (χ2n) is 7.37. The summed E-state index contributed by atoms with van der Waals surface area (Å²) in [7, 11) is 1.45. The smallest absolute Gasteiger partial charge is 0.338 e. The fourth-order valence-electron chi connectivity index (χ4n) is 3.84. The van der Waals surface area contributed by atoms with E-state index in [-0.39, 0.29) is 17.6 Å². The number of phenolic OH excluding ortho intramolecular Hbond substituents is 1. The average Bonchev–Trinajstić information content (AvgIpc) is 2.63. The molecule has 2 amide bonds. The molecule has 1 aliphatic heterocycles. The third-order valence-electron chi connectivity index (χ3n) is 5.35. The number of ether oxygens (including phenoxy) is 2. The summed E-state index contributed by atoms with van der Waals surface area (Å²) in [6.45, 7) is 1.69. The van der Waals surface area contributed by atoms with Gasteiger partial charge in [-0.05, 0) is 50.3 Å². The Morgan fingerprint density at radius 2 is 1.82 bits per heavy atom. The monoisotopic (exact) mass is 388 g/mol. The summed E-state index contributed by atoms with van der Waals surface area (Å²) in [5, 5.41) is 15.3. The van der Waals surface area contributed by atoms with Crippen molar-refractivity contribution >= 4 is 12.0 Å². The molecule has 7 heteroatoms. The lowest BCUT2D eigenvalue weighted by molar-refractivity contribution is -0.145. The van der Waals surface area contributed by atoms with Crippen LogP contribution in [0, 0.1) is 0 Å². The molecule has 0 aromatic heterocycles. The molecule has 0 radical (unpaired) electrons. The fraction of sp³-hybridized carbons (Fsp3) is 0.524. The number of esters is 1. The highest BCUT2D eigenvalue weighted by atomic mass is 16.5. The van der Waals surface area contributed by atoms with Gasteiger partial charge in [-0.3, -0.25) is 0 Å². The number of urea groups is 1. The molecule has 1 atom stereocenters. The molecule has 1 fully saturated rings. The second-order valence-corrected chi connectivity index (χ2v) is 7.37. The summed E-state index contributed by atoms with van der Waals surface area (Å²) >= 11 is 0. The van der Waals surface area contributed by atoms with Crippen molar-refractivity contribution in [1.29, 1.82) is 0 Å². The zero-order chi connectivity index (χ0) is 20.1. The highest BCUT2D eigenvalue weighted by molar-refractivity contribution is 5.95. The summed E-state index contributed by atoms with van der Waals surface area (Å²) in [6, 6.07) is 3.68. The largest absolute Gasteiger partial charge is 0.504 e. The standard InChI is InChI=1S/C21H28N2O5/c1-13-18(20(25)28-15-8-6-4-3-5-7-9-15)19(23-21(26)22-13)14-10-11-16(24)17(12-14)27-2/h10-12,15,19,24H,3-9H2,1-2H3,(H2,22,23,26). The summed E-state index contributed by atoms with van der Waals surface area (Å²) in [4.78, 5) is 25.1. The third kappa shape index (κ3) is 4.58. The predicted molar refractivity (Wildman–Crippen MR) is 104 cm³/mol. The Balaban J connectivity index is 1.85. The van der Waals surface area contributed by atoms with Gasteiger partial charge in [0.25, 0.3) is 0 Å². The maximum Gasteiger partial charge on any atom is 0.338 e. The molecule has 7 nitrogen and oxygen atoms in total. The Hall–Kier alpha value is -2.70. The lowest BCUT2D eigenvalue weighted by Crippen LogP contribution is -2.45. The third-order valence-corrected chi connectivity index (χ3v) is 5.35. The van der Waals surface area contributed by atoms with Gasteiger partial charge < -0.3 is 25.2 Å². The number of benzene rings is 1. The van der Waals surface area contributed by atoms with Crippen LogP contribution in [-0.2, 0) is 9.53 Å². The Morgan fingerprint density at radius 3 is 2.50 bits per heavy atom. The van der Waals surface area contributed by atoms with Gasteiger partial charge in [0.05, 0.1) is 18.7 Å². The molecule has 1 saturated carbocycles. The molecule has 1 heterocycles. The van der Waals surface area contributed by atoms with E-state index in [4.69, 9.17) is 9.47 Å². The zero-order valence-corrected chi connectivity index (χ0v) is 16.4. The van der Waals surface area contributed by atoms with Gasteiger partial charge in [0.2, 0.25) is 0 Å². The summed E-state index contributed by atoms with van der Waals surface area (Å²) in [5.74, 6) is -0.158. The quantitative estimate of drug-likeness (QED) is 0.684. The number of aromatic hydroxyl groups is 1. The second kappa shape index (κ2) is 8.99. The van der Waals surface area contributed by atoms with Gasteiger partial charge in [-0.15, -0.1) is 0 Å². The van der Waals surface area contributed by atoms with Crippen LogP contribution in [0.3, 0.4) is 0 Å². The van der Waals surface area contributed by atoms with Crippen molar-refractivity contribution in [1.82, 2.24) is 10.6 Å². The fourth-order valence-corrected chi connectivity index (χ4v) is 3.84. The van der Waals surface area contributed by atoms with Crippen molar-refractivity contribution in [2.75, 3.05) is 7.11 Å². The van der Waals surface area contributed by atoms with E-state index >= 15 is 0 Å². The van der Waals surface area contributed by atoms with Crippen LogP contribution in [0.2, 0.25) is 0 Å². The molecule has 2 aliphatic rings. The van der Waals surface area contributed by atoms with Crippen molar-refractivity contribution < 1.29 is 24.2 Å². The van der Waals surface area contributed by atoms with Crippen LogP contribution in [0.1, 0.15) is 63.5 Å². The average molecular weight is 388 g/mol. The normalized spacial score (nSPS) is 21.2. The number of nitrogens with one attached hydrogen (secondary N) is 2. The number of carbonyl (C=O) groups excluding carboxylic acids is 2. The first-order chi connectivity index (χ1) is 13.5. The molecule has 3 rings (SSSR count). The summed E-state index contributed by atoms with van der Waals surface area (Å²) < 4.78 is 11.0. The summed E-state index contributed by atoms with van der Waals surface area (Å²) in [5.41, 5.74) is 1.47. The van der Waals surface area contributed by atoms with Gasteiger partial charge in [0.15, 0.2) is 11.5 Å². The molecule has 0 spiro atoms. The topological polar surface area (TPSA) is 96.9 Å². The minimum absolute atomic E-state index is 0.00846. The first kappa shape index (κ1) is 20.0. The van der Waals surface area contributed by atoms with Crippen molar-refractivity contribution in [3.05, 3.63) is 35.0 Å². The number of methoxy groups -OCH3 is 1. The maximum absolute atomic E-state index is 13.0. The van der Waals surface area contributed by atoms with Crippen LogP contribution < -0.4 is 15.4 Å². The molecule has 0 saturated heterocycles.